The Morgan fingerprint density at radius 1 is 1.29 bits per heavy atom. The highest BCUT2D eigenvalue weighted by Crippen LogP contribution is 2.41. The first-order chi connectivity index (χ1) is 8.16. The Labute approximate surface area is 99.2 Å². The van der Waals surface area contributed by atoms with Crippen molar-refractivity contribution in [2.75, 3.05) is 0 Å². The molecular formula is C13H14O4. The molecule has 1 aliphatic carbocycles. The molecule has 2 atom stereocenters. The van der Waals surface area contributed by atoms with Crippen molar-refractivity contribution in [1.29, 1.82) is 0 Å². The summed E-state index contributed by atoms with van der Waals surface area (Å²) >= 11 is 0. The number of ether oxygens (including phenoxy) is 1. The molecule has 1 aromatic rings. The number of carbonyl (C=O) groups excluding carboxylic acids is 1. The Morgan fingerprint density at radius 2 is 2.00 bits per heavy atom. The Hall–Kier alpha value is -1.84. The molecule has 2 rings (SSSR count). The van der Waals surface area contributed by atoms with Crippen LogP contribution in [0.25, 0.3) is 0 Å². The van der Waals surface area contributed by atoms with Gasteiger partial charge in [-0.3, -0.25) is 9.59 Å². The summed E-state index contributed by atoms with van der Waals surface area (Å²) in [5, 5.41) is 8.69. The van der Waals surface area contributed by atoms with Gasteiger partial charge in [0.15, 0.2) is 0 Å². The monoisotopic (exact) mass is 234 g/mol. The Bertz CT molecular complexity index is 413. The van der Waals surface area contributed by atoms with Gasteiger partial charge in [-0.25, -0.2) is 0 Å². The molecule has 17 heavy (non-hydrogen) atoms. The van der Waals surface area contributed by atoms with Gasteiger partial charge in [0.05, 0.1) is 5.92 Å². The van der Waals surface area contributed by atoms with Crippen LogP contribution >= 0.6 is 0 Å². The normalized spacial score (nSPS) is 21.9. The second-order valence-corrected chi connectivity index (χ2v) is 4.29. The van der Waals surface area contributed by atoms with Gasteiger partial charge in [-0.1, -0.05) is 30.3 Å². The SMILES string of the molecule is O=C(CC1CC1C(=O)O)OCc1ccccc1. The van der Waals surface area contributed by atoms with E-state index in [1.807, 2.05) is 30.3 Å². The van der Waals surface area contributed by atoms with E-state index in [-0.39, 0.29) is 30.8 Å². The average Bonchev–Trinajstić information content (AvgIpc) is 3.07. The van der Waals surface area contributed by atoms with Gasteiger partial charge in [0.25, 0.3) is 0 Å². The minimum absolute atomic E-state index is 0.0317. The number of carbonyl (C=O) groups is 2. The maximum absolute atomic E-state index is 11.4. The maximum Gasteiger partial charge on any atom is 0.306 e. The highest BCUT2D eigenvalue weighted by molar-refractivity contribution is 5.76. The topological polar surface area (TPSA) is 63.6 Å². The van der Waals surface area contributed by atoms with Crippen LogP contribution in [0.15, 0.2) is 30.3 Å². The number of carboxylic acid groups (broad SMARTS) is 1. The van der Waals surface area contributed by atoms with E-state index in [9.17, 15) is 9.59 Å². The molecule has 4 heteroatoms. The largest absolute Gasteiger partial charge is 0.481 e. The van der Waals surface area contributed by atoms with E-state index >= 15 is 0 Å². The van der Waals surface area contributed by atoms with Gasteiger partial charge in [0, 0.05) is 6.42 Å². The van der Waals surface area contributed by atoms with Gasteiger partial charge in [0.1, 0.15) is 6.61 Å². The van der Waals surface area contributed by atoms with E-state index in [2.05, 4.69) is 0 Å². The highest BCUT2D eigenvalue weighted by Gasteiger charge is 2.44. The number of benzene rings is 1. The van der Waals surface area contributed by atoms with Crippen molar-refractivity contribution in [3.8, 4) is 0 Å². The van der Waals surface area contributed by atoms with E-state index < -0.39 is 5.97 Å². The van der Waals surface area contributed by atoms with Crippen LogP contribution in [0.5, 0.6) is 0 Å². The summed E-state index contributed by atoms with van der Waals surface area (Å²) < 4.78 is 5.08. The van der Waals surface area contributed by atoms with Crippen molar-refractivity contribution in [3.63, 3.8) is 0 Å². The van der Waals surface area contributed by atoms with Crippen LogP contribution in [0.2, 0.25) is 0 Å². The zero-order chi connectivity index (χ0) is 12.3. The summed E-state index contributed by atoms with van der Waals surface area (Å²) in [6.45, 7) is 0.254. The van der Waals surface area contributed by atoms with Crippen LogP contribution in [0.1, 0.15) is 18.4 Å². The summed E-state index contributed by atoms with van der Waals surface area (Å²) in [5.74, 6) is -1.51. The molecule has 1 saturated carbocycles. The number of rotatable bonds is 5. The number of carboxylic acids is 1. The first-order valence-corrected chi connectivity index (χ1v) is 5.59. The minimum Gasteiger partial charge on any atom is -0.481 e. The smallest absolute Gasteiger partial charge is 0.306 e. The van der Waals surface area contributed by atoms with Crippen LogP contribution in [0.4, 0.5) is 0 Å². The van der Waals surface area contributed by atoms with Gasteiger partial charge in [-0.15, -0.1) is 0 Å². The van der Waals surface area contributed by atoms with Crippen LogP contribution in [-0.2, 0) is 20.9 Å². The summed E-state index contributed by atoms with van der Waals surface area (Å²) in [6, 6.07) is 9.41. The molecule has 0 spiro atoms. The summed E-state index contributed by atoms with van der Waals surface area (Å²) in [6.07, 6.45) is 0.805. The standard InChI is InChI=1S/C13H14O4/c14-12(7-10-6-11(10)13(15)16)17-8-9-4-2-1-3-5-9/h1-5,10-11H,6-8H2,(H,15,16). The molecule has 0 heterocycles. The van der Waals surface area contributed by atoms with Crippen molar-refractivity contribution < 1.29 is 19.4 Å². The summed E-state index contributed by atoms with van der Waals surface area (Å²) in [4.78, 5) is 22.0. The molecule has 4 nitrogen and oxygen atoms in total. The van der Waals surface area contributed by atoms with Gasteiger partial charge in [0.2, 0.25) is 0 Å². The van der Waals surface area contributed by atoms with Gasteiger partial charge >= 0.3 is 11.9 Å². The zero-order valence-corrected chi connectivity index (χ0v) is 9.33. The molecule has 1 aliphatic rings. The molecule has 0 radical (unpaired) electrons. The Morgan fingerprint density at radius 3 is 2.59 bits per heavy atom. The number of esters is 1. The third-order valence-corrected chi connectivity index (χ3v) is 2.91. The average molecular weight is 234 g/mol. The third-order valence-electron chi connectivity index (χ3n) is 2.91. The van der Waals surface area contributed by atoms with E-state index in [1.54, 1.807) is 0 Å². The lowest BCUT2D eigenvalue weighted by molar-refractivity contribution is -0.145. The highest BCUT2D eigenvalue weighted by atomic mass is 16.5. The lowest BCUT2D eigenvalue weighted by Gasteiger charge is -2.04. The van der Waals surface area contributed by atoms with Crippen LogP contribution < -0.4 is 0 Å². The van der Waals surface area contributed by atoms with E-state index in [1.165, 1.54) is 0 Å². The number of hydrogen-bond donors (Lipinski definition) is 1. The fourth-order valence-electron chi connectivity index (χ4n) is 1.79. The molecule has 0 saturated heterocycles. The lowest BCUT2D eigenvalue weighted by Crippen LogP contribution is -2.08. The number of hydrogen-bond acceptors (Lipinski definition) is 3. The van der Waals surface area contributed by atoms with Crippen molar-refractivity contribution in [3.05, 3.63) is 35.9 Å². The molecule has 0 amide bonds. The Kier molecular flexibility index (Phi) is 3.42. The first-order valence-electron chi connectivity index (χ1n) is 5.59. The predicted octanol–water partition coefficient (Wildman–Crippen LogP) is 1.84. The molecule has 1 aromatic carbocycles. The Balaban J connectivity index is 1.71. The molecule has 1 fully saturated rings. The van der Waals surface area contributed by atoms with E-state index in [0.717, 1.165) is 5.56 Å². The van der Waals surface area contributed by atoms with Gasteiger partial charge in [-0.05, 0) is 17.9 Å². The maximum atomic E-state index is 11.4. The van der Waals surface area contributed by atoms with Crippen LogP contribution in [-0.4, -0.2) is 17.0 Å². The lowest BCUT2D eigenvalue weighted by atomic mass is 10.2. The van der Waals surface area contributed by atoms with E-state index in [4.69, 9.17) is 9.84 Å². The molecule has 0 bridgehead atoms. The van der Waals surface area contributed by atoms with Crippen molar-refractivity contribution in [2.45, 2.75) is 19.4 Å². The summed E-state index contributed by atoms with van der Waals surface area (Å²) in [5.41, 5.74) is 0.937. The second kappa shape index (κ2) is 4.99. The quantitative estimate of drug-likeness (QED) is 0.789. The first kappa shape index (κ1) is 11.6. The van der Waals surface area contributed by atoms with Crippen molar-refractivity contribution in [1.82, 2.24) is 0 Å². The van der Waals surface area contributed by atoms with Crippen molar-refractivity contribution >= 4 is 11.9 Å². The molecule has 2 unspecified atom stereocenters. The third kappa shape index (κ3) is 3.31. The molecule has 1 N–H and O–H groups in total. The van der Waals surface area contributed by atoms with Gasteiger partial charge < -0.3 is 9.84 Å². The fraction of sp³-hybridized carbons (Fsp3) is 0.385. The van der Waals surface area contributed by atoms with Crippen LogP contribution in [0.3, 0.4) is 0 Å². The molecule has 0 aromatic heterocycles. The molecular weight excluding hydrogens is 220 g/mol. The molecule has 0 aliphatic heterocycles. The fourth-order valence-corrected chi connectivity index (χ4v) is 1.79. The zero-order valence-electron chi connectivity index (χ0n) is 9.33. The minimum atomic E-state index is -0.814. The van der Waals surface area contributed by atoms with Crippen molar-refractivity contribution in [2.24, 2.45) is 11.8 Å². The van der Waals surface area contributed by atoms with Gasteiger partial charge in [-0.2, -0.15) is 0 Å². The van der Waals surface area contributed by atoms with Crippen LogP contribution in [0, 0.1) is 11.8 Å². The predicted molar refractivity (Wildman–Crippen MR) is 60.1 cm³/mol. The number of aliphatic carboxylic acids is 1. The second-order valence-electron chi connectivity index (χ2n) is 4.29. The molecule has 90 valence electrons. The summed E-state index contributed by atoms with van der Waals surface area (Å²) in [7, 11) is 0. The van der Waals surface area contributed by atoms with E-state index in [0.29, 0.717) is 6.42 Å².